The Morgan fingerprint density at radius 2 is 1.58 bits per heavy atom. The summed E-state index contributed by atoms with van der Waals surface area (Å²) in [6.45, 7) is 3.35. The molecule has 1 heterocycles. The Bertz CT molecular complexity index is 734. The van der Waals surface area contributed by atoms with Crippen molar-refractivity contribution in [2.75, 3.05) is 19.7 Å². The van der Waals surface area contributed by atoms with Crippen LogP contribution in [-0.2, 0) is 9.53 Å². The number of para-hydroxylation sites is 1. The smallest absolute Gasteiger partial charge is 0.309 e. The van der Waals surface area contributed by atoms with Crippen LogP contribution in [-0.4, -0.2) is 36.5 Å². The molecule has 0 bridgehead atoms. The number of amides is 1. The van der Waals surface area contributed by atoms with Gasteiger partial charge in [-0.2, -0.15) is 0 Å². The lowest BCUT2D eigenvalue weighted by atomic mass is 9.96. The van der Waals surface area contributed by atoms with E-state index < -0.39 is 0 Å². The molecular formula is C21H23NO4. The van der Waals surface area contributed by atoms with Crippen molar-refractivity contribution in [2.45, 2.75) is 19.8 Å². The summed E-state index contributed by atoms with van der Waals surface area (Å²) in [6.07, 6.45) is 1.31. The Morgan fingerprint density at radius 1 is 0.962 bits per heavy atom. The maximum Gasteiger partial charge on any atom is 0.309 e. The topological polar surface area (TPSA) is 55.8 Å². The van der Waals surface area contributed by atoms with E-state index in [1.54, 1.807) is 29.2 Å². The van der Waals surface area contributed by atoms with Gasteiger partial charge in [0, 0.05) is 18.7 Å². The highest BCUT2D eigenvalue weighted by Crippen LogP contribution is 2.23. The molecule has 0 radical (unpaired) electrons. The predicted molar refractivity (Wildman–Crippen MR) is 98.2 cm³/mol. The monoisotopic (exact) mass is 353 g/mol. The number of nitrogens with zero attached hydrogens (tertiary/aromatic N) is 1. The van der Waals surface area contributed by atoms with E-state index in [0.29, 0.717) is 43.9 Å². The molecule has 1 aliphatic heterocycles. The molecule has 5 nitrogen and oxygen atoms in total. The molecule has 3 rings (SSSR count). The van der Waals surface area contributed by atoms with E-state index in [1.807, 2.05) is 37.3 Å². The molecule has 2 aromatic rings. The van der Waals surface area contributed by atoms with Crippen LogP contribution in [0.2, 0.25) is 0 Å². The average molecular weight is 353 g/mol. The van der Waals surface area contributed by atoms with Crippen molar-refractivity contribution in [2.24, 2.45) is 5.92 Å². The van der Waals surface area contributed by atoms with E-state index in [-0.39, 0.29) is 17.8 Å². The molecule has 0 saturated carbocycles. The van der Waals surface area contributed by atoms with Crippen LogP contribution in [0.5, 0.6) is 11.5 Å². The molecule has 1 amide bonds. The van der Waals surface area contributed by atoms with Gasteiger partial charge in [0.1, 0.15) is 11.5 Å². The van der Waals surface area contributed by atoms with Crippen molar-refractivity contribution >= 4 is 11.9 Å². The van der Waals surface area contributed by atoms with Crippen molar-refractivity contribution in [1.29, 1.82) is 0 Å². The quantitative estimate of drug-likeness (QED) is 0.765. The number of rotatable bonds is 5. The van der Waals surface area contributed by atoms with Crippen molar-refractivity contribution in [3.63, 3.8) is 0 Å². The fraction of sp³-hybridized carbons (Fsp3) is 0.333. The van der Waals surface area contributed by atoms with Crippen LogP contribution >= 0.6 is 0 Å². The van der Waals surface area contributed by atoms with Crippen molar-refractivity contribution < 1.29 is 19.1 Å². The van der Waals surface area contributed by atoms with Gasteiger partial charge in [0.25, 0.3) is 5.91 Å². The molecule has 1 saturated heterocycles. The lowest BCUT2D eigenvalue weighted by molar-refractivity contribution is -0.149. The zero-order chi connectivity index (χ0) is 18.4. The molecule has 0 unspecified atom stereocenters. The van der Waals surface area contributed by atoms with Gasteiger partial charge in [-0.1, -0.05) is 18.2 Å². The number of ether oxygens (including phenoxy) is 2. The molecule has 0 aromatic heterocycles. The lowest BCUT2D eigenvalue weighted by Crippen LogP contribution is -2.40. The van der Waals surface area contributed by atoms with Gasteiger partial charge in [0.15, 0.2) is 0 Å². The zero-order valence-electron chi connectivity index (χ0n) is 14.9. The summed E-state index contributed by atoms with van der Waals surface area (Å²) in [5.41, 5.74) is 0.625. The first-order chi connectivity index (χ1) is 12.7. The van der Waals surface area contributed by atoms with E-state index >= 15 is 0 Å². The fourth-order valence-corrected chi connectivity index (χ4v) is 3.05. The minimum Gasteiger partial charge on any atom is -0.466 e. The van der Waals surface area contributed by atoms with Crippen molar-refractivity contribution in [1.82, 2.24) is 4.90 Å². The van der Waals surface area contributed by atoms with E-state index in [4.69, 9.17) is 9.47 Å². The number of hydrogen-bond acceptors (Lipinski definition) is 4. The Balaban J connectivity index is 1.56. The first-order valence-electron chi connectivity index (χ1n) is 8.96. The van der Waals surface area contributed by atoms with Crippen molar-refractivity contribution in [3.8, 4) is 11.5 Å². The molecule has 1 fully saturated rings. The van der Waals surface area contributed by atoms with E-state index in [0.717, 1.165) is 5.75 Å². The highest BCUT2D eigenvalue weighted by molar-refractivity contribution is 5.94. The number of piperidine rings is 1. The van der Waals surface area contributed by atoms with Crippen LogP contribution in [0.4, 0.5) is 0 Å². The normalized spacial score (nSPS) is 14.7. The van der Waals surface area contributed by atoms with Gasteiger partial charge in [-0.25, -0.2) is 0 Å². The summed E-state index contributed by atoms with van der Waals surface area (Å²) >= 11 is 0. The second kappa shape index (κ2) is 8.52. The number of carbonyl (C=O) groups excluding carboxylic acids is 2. The Kier molecular flexibility index (Phi) is 5.89. The molecule has 0 N–H and O–H groups in total. The maximum absolute atomic E-state index is 12.6. The summed E-state index contributed by atoms with van der Waals surface area (Å²) in [4.78, 5) is 26.2. The van der Waals surface area contributed by atoms with Gasteiger partial charge in [-0.05, 0) is 56.2 Å². The zero-order valence-corrected chi connectivity index (χ0v) is 14.9. The molecule has 1 aliphatic rings. The van der Waals surface area contributed by atoms with Crippen molar-refractivity contribution in [3.05, 3.63) is 60.2 Å². The Hall–Kier alpha value is -2.82. The summed E-state index contributed by atoms with van der Waals surface area (Å²) in [7, 11) is 0. The summed E-state index contributed by atoms with van der Waals surface area (Å²) in [6, 6.07) is 16.7. The standard InChI is InChI=1S/C21H23NO4/c1-2-25-21(24)17-12-14-22(15-13-17)20(23)16-8-10-19(11-9-16)26-18-6-4-3-5-7-18/h3-11,17H,2,12-15H2,1H3. The van der Waals surface area contributed by atoms with E-state index in [2.05, 4.69) is 0 Å². The molecule has 136 valence electrons. The first kappa shape index (κ1) is 18.0. The fourth-order valence-electron chi connectivity index (χ4n) is 3.05. The third-order valence-electron chi connectivity index (χ3n) is 4.48. The lowest BCUT2D eigenvalue weighted by Gasteiger charge is -2.31. The summed E-state index contributed by atoms with van der Waals surface area (Å²) in [5.74, 6) is 1.18. The highest BCUT2D eigenvalue weighted by Gasteiger charge is 2.28. The Labute approximate surface area is 153 Å². The van der Waals surface area contributed by atoms with Crippen LogP contribution in [0.1, 0.15) is 30.1 Å². The minimum absolute atomic E-state index is 0.0152. The number of esters is 1. The molecule has 0 atom stereocenters. The number of likely N-dealkylation sites (tertiary alicyclic amines) is 1. The highest BCUT2D eigenvalue weighted by atomic mass is 16.5. The van der Waals surface area contributed by atoms with Gasteiger partial charge in [-0.15, -0.1) is 0 Å². The average Bonchev–Trinajstić information content (AvgIpc) is 2.69. The van der Waals surface area contributed by atoms with Gasteiger partial charge in [0.2, 0.25) is 0 Å². The third-order valence-corrected chi connectivity index (χ3v) is 4.48. The minimum atomic E-state index is -0.151. The predicted octanol–water partition coefficient (Wildman–Crippen LogP) is 3.89. The Morgan fingerprint density at radius 3 is 2.19 bits per heavy atom. The van der Waals surface area contributed by atoms with E-state index in [1.165, 1.54) is 0 Å². The van der Waals surface area contributed by atoms with Gasteiger partial charge in [0.05, 0.1) is 12.5 Å². The molecule has 2 aromatic carbocycles. The van der Waals surface area contributed by atoms with Gasteiger partial charge >= 0.3 is 5.97 Å². The van der Waals surface area contributed by atoms with Crippen LogP contribution in [0.15, 0.2) is 54.6 Å². The first-order valence-corrected chi connectivity index (χ1v) is 8.96. The van der Waals surface area contributed by atoms with Gasteiger partial charge < -0.3 is 14.4 Å². The molecule has 0 aliphatic carbocycles. The van der Waals surface area contributed by atoms with Crippen LogP contribution in [0.25, 0.3) is 0 Å². The van der Waals surface area contributed by atoms with Crippen LogP contribution < -0.4 is 4.74 Å². The molecule has 5 heteroatoms. The second-order valence-electron chi connectivity index (χ2n) is 6.26. The molecule has 0 spiro atoms. The number of hydrogen-bond donors (Lipinski definition) is 0. The molecular weight excluding hydrogens is 330 g/mol. The number of carbonyl (C=O) groups is 2. The largest absolute Gasteiger partial charge is 0.466 e. The van der Waals surface area contributed by atoms with E-state index in [9.17, 15) is 9.59 Å². The molecule has 26 heavy (non-hydrogen) atoms. The SMILES string of the molecule is CCOC(=O)C1CCN(C(=O)c2ccc(Oc3ccccc3)cc2)CC1. The van der Waals surface area contributed by atoms with Crippen LogP contribution in [0.3, 0.4) is 0 Å². The summed E-state index contributed by atoms with van der Waals surface area (Å²) in [5, 5.41) is 0. The summed E-state index contributed by atoms with van der Waals surface area (Å²) < 4.78 is 10.8. The van der Waals surface area contributed by atoms with Gasteiger partial charge in [-0.3, -0.25) is 9.59 Å². The maximum atomic E-state index is 12.6. The second-order valence-corrected chi connectivity index (χ2v) is 6.26. The number of benzene rings is 2. The van der Waals surface area contributed by atoms with Crippen LogP contribution in [0, 0.1) is 5.92 Å². The third kappa shape index (κ3) is 4.42.